The lowest BCUT2D eigenvalue weighted by molar-refractivity contribution is -0.121. The van der Waals surface area contributed by atoms with Crippen LogP contribution < -0.4 is 5.32 Å². The minimum atomic E-state index is 0.139. The summed E-state index contributed by atoms with van der Waals surface area (Å²) in [6.45, 7) is 4.31. The molecule has 0 saturated heterocycles. The van der Waals surface area contributed by atoms with Crippen LogP contribution in [0.2, 0.25) is 0 Å². The third kappa shape index (κ3) is 6.84. The number of carbonyl (C=O) groups excluding carboxylic acids is 1. The molecule has 1 N–H and O–H groups in total. The molecule has 0 atom stereocenters. The van der Waals surface area contributed by atoms with Gasteiger partial charge in [-0.3, -0.25) is 4.79 Å². The van der Waals surface area contributed by atoms with Gasteiger partial charge in [-0.05, 0) is 30.7 Å². The third-order valence-electron chi connectivity index (χ3n) is 2.23. The maximum Gasteiger partial charge on any atom is 0.220 e. The van der Waals surface area contributed by atoms with Crippen molar-refractivity contribution in [3.05, 3.63) is 43.0 Å². The Morgan fingerprint density at radius 2 is 2.12 bits per heavy atom. The van der Waals surface area contributed by atoms with E-state index in [0.717, 1.165) is 18.6 Å². The molecule has 17 heavy (non-hydrogen) atoms. The van der Waals surface area contributed by atoms with Gasteiger partial charge in [-0.2, -0.15) is 0 Å². The van der Waals surface area contributed by atoms with Crippen LogP contribution in [0.1, 0.15) is 19.3 Å². The number of hydrogen-bond acceptors (Lipinski definition) is 2. The van der Waals surface area contributed by atoms with Crippen LogP contribution in [0.4, 0.5) is 0 Å². The number of amides is 1. The molecule has 2 nitrogen and oxygen atoms in total. The topological polar surface area (TPSA) is 29.1 Å². The SMILES string of the molecule is C=CCCNC(=O)CCCSc1ccccc1. The Labute approximate surface area is 107 Å². The molecule has 1 amide bonds. The van der Waals surface area contributed by atoms with Gasteiger partial charge in [-0.15, -0.1) is 18.3 Å². The zero-order valence-electron chi connectivity index (χ0n) is 10.0. The van der Waals surface area contributed by atoms with Gasteiger partial charge in [0.25, 0.3) is 0 Å². The summed E-state index contributed by atoms with van der Waals surface area (Å²) < 4.78 is 0. The lowest BCUT2D eigenvalue weighted by Crippen LogP contribution is -2.23. The number of rotatable bonds is 8. The van der Waals surface area contributed by atoms with Crippen molar-refractivity contribution in [1.29, 1.82) is 0 Å². The molecule has 0 aliphatic carbocycles. The normalized spacial score (nSPS) is 9.88. The molecule has 1 aromatic rings. The number of thioether (sulfide) groups is 1. The molecule has 0 spiro atoms. The van der Waals surface area contributed by atoms with E-state index in [2.05, 4.69) is 24.0 Å². The first-order valence-electron chi connectivity index (χ1n) is 5.88. The minimum absolute atomic E-state index is 0.139. The Morgan fingerprint density at radius 3 is 2.82 bits per heavy atom. The van der Waals surface area contributed by atoms with Gasteiger partial charge in [-0.25, -0.2) is 0 Å². The van der Waals surface area contributed by atoms with Gasteiger partial charge in [0, 0.05) is 17.9 Å². The van der Waals surface area contributed by atoms with Crippen molar-refractivity contribution in [2.24, 2.45) is 0 Å². The molecule has 0 fully saturated rings. The first kappa shape index (κ1) is 13.8. The van der Waals surface area contributed by atoms with E-state index in [1.54, 1.807) is 11.8 Å². The van der Waals surface area contributed by atoms with Crippen LogP contribution in [0.3, 0.4) is 0 Å². The van der Waals surface area contributed by atoms with E-state index in [1.807, 2.05) is 24.3 Å². The zero-order valence-corrected chi connectivity index (χ0v) is 10.8. The summed E-state index contributed by atoms with van der Waals surface area (Å²) in [5.41, 5.74) is 0. The molecular formula is C14H19NOS. The van der Waals surface area contributed by atoms with Crippen molar-refractivity contribution >= 4 is 17.7 Å². The number of nitrogens with one attached hydrogen (secondary N) is 1. The van der Waals surface area contributed by atoms with E-state index in [0.29, 0.717) is 13.0 Å². The van der Waals surface area contributed by atoms with Crippen LogP contribution in [0.15, 0.2) is 47.9 Å². The lowest BCUT2D eigenvalue weighted by Gasteiger charge is -2.03. The maximum atomic E-state index is 11.4. The second-order valence-electron chi connectivity index (χ2n) is 3.69. The standard InChI is InChI=1S/C14H19NOS/c1-2-3-11-15-14(16)10-7-12-17-13-8-5-4-6-9-13/h2,4-6,8-9H,1,3,7,10-12H2,(H,15,16). The van der Waals surface area contributed by atoms with E-state index in [1.165, 1.54) is 4.90 Å². The molecule has 0 bridgehead atoms. The Balaban J connectivity index is 2.04. The first-order valence-corrected chi connectivity index (χ1v) is 6.87. The molecule has 0 radical (unpaired) electrons. The Kier molecular flexibility index (Phi) is 7.23. The Hall–Kier alpha value is -1.22. The molecule has 0 heterocycles. The summed E-state index contributed by atoms with van der Waals surface area (Å²) in [6.07, 6.45) is 4.17. The van der Waals surface area contributed by atoms with Gasteiger partial charge < -0.3 is 5.32 Å². The summed E-state index contributed by atoms with van der Waals surface area (Å²) in [5.74, 6) is 1.12. The zero-order chi connectivity index (χ0) is 12.3. The molecule has 0 aliphatic rings. The van der Waals surface area contributed by atoms with E-state index < -0.39 is 0 Å². The molecule has 0 unspecified atom stereocenters. The molecule has 0 saturated carbocycles. The van der Waals surface area contributed by atoms with E-state index in [9.17, 15) is 4.79 Å². The third-order valence-corrected chi connectivity index (χ3v) is 3.33. The fraction of sp³-hybridized carbons (Fsp3) is 0.357. The van der Waals surface area contributed by atoms with Crippen LogP contribution in [0.5, 0.6) is 0 Å². The summed E-state index contributed by atoms with van der Waals surface area (Å²) in [5, 5.41) is 2.86. The molecule has 0 aliphatic heterocycles. The summed E-state index contributed by atoms with van der Waals surface area (Å²) in [7, 11) is 0. The molecule has 92 valence electrons. The van der Waals surface area contributed by atoms with Gasteiger partial charge in [0.05, 0.1) is 0 Å². The van der Waals surface area contributed by atoms with Gasteiger partial charge in [-0.1, -0.05) is 24.3 Å². The second kappa shape index (κ2) is 8.88. The lowest BCUT2D eigenvalue weighted by atomic mass is 10.3. The largest absolute Gasteiger partial charge is 0.356 e. The first-order chi connectivity index (χ1) is 8.33. The summed E-state index contributed by atoms with van der Waals surface area (Å²) >= 11 is 1.79. The molecular weight excluding hydrogens is 230 g/mol. The average Bonchev–Trinajstić information content (AvgIpc) is 2.36. The molecule has 1 rings (SSSR count). The van der Waals surface area contributed by atoms with Crippen molar-refractivity contribution in [2.45, 2.75) is 24.2 Å². The highest BCUT2D eigenvalue weighted by molar-refractivity contribution is 7.99. The monoisotopic (exact) mass is 249 g/mol. The Bertz CT molecular complexity index is 337. The average molecular weight is 249 g/mol. The van der Waals surface area contributed by atoms with Crippen molar-refractivity contribution in [3.8, 4) is 0 Å². The quantitative estimate of drug-likeness (QED) is 0.435. The van der Waals surface area contributed by atoms with E-state index in [4.69, 9.17) is 0 Å². The highest BCUT2D eigenvalue weighted by Crippen LogP contribution is 2.18. The number of carbonyl (C=O) groups is 1. The highest BCUT2D eigenvalue weighted by atomic mass is 32.2. The van der Waals surface area contributed by atoms with Crippen LogP contribution in [-0.4, -0.2) is 18.2 Å². The predicted octanol–water partition coefficient (Wildman–Crippen LogP) is 3.25. The smallest absolute Gasteiger partial charge is 0.220 e. The predicted molar refractivity (Wildman–Crippen MR) is 74.2 cm³/mol. The number of benzene rings is 1. The Morgan fingerprint density at radius 1 is 1.35 bits per heavy atom. The van der Waals surface area contributed by atoms with E-state index >= 15 is 0 Å². The fourth-order valence-electron chi connectivity index (χ4n) is 1.34. The fourth-order valence-corrected chi connectivity index (χ4v) is 2.22. The van der Waals surface area contributed by atoms with E-state index in [-0.39, 0.29) is 5.91 Å². The van der Waals surface area contributed by atoms with Crippen LogP contribution in [0.25, 0.3) is 0 Å². The van der Waals surface area contributed by atoms with Crippen LogP contribution in [0, 0.1) is 0 Å². The second-order valence-corrected chi connectivity index (χ2v) is 4.86. The molecule has 0 aromatic heterocycles. The number of hydrogen-bond donors (Lipinski definition) is 1. The minimum Gasteiger partial charge on any atom is -0.356 e. The maximum absolute atomic E-state index is 11.4. The van der Waals surface area contributed by atoms with Gasteiger partial charge in [0.15, 0.2) is 0 Å². The molecule has 1 aromatic carbocycles. The van der Waals surface area contributed by atoms with Crippen LogP contribution >= 0.6 is 11.8 Å². The van der Waals surface area contributed by atoms with Crippen LogP contribution in [-0.2, 0) is 4.79 Å². The van der Waals surface area contributed by atoms with Crippen molar-refractivity contribution in [1.82, 2.24) is 5.32 Å². The van der Waals surface area contributed by atoms with Crippen molar-refractivity contribution in [3.63, 3.8) is 0 Å². The summed E-state index contributed by atoms with van der Waals surface area (Å²) in [6, 6.07) is 10.3. The van der Waals surface area contributed by atoms with Crippen molar-refractivity contribution in [2.75, 3.05) is 12.3 Å². The van der Waals surface area contributed by atoms with Gasteiger partial charge in [0.1, 0.15) is 0 Å². The van der Waals surface area contributed by atoms with Gasteiger partial charge in [0.2, 0.25) is 5.91 Å². The molecule has 3 heteroatoms. The highest BCUT2D eigenvalue weighted by Gasteiger charge is 2.00. The summed E-state index contributed by atoms with van der Waals surface area (Å²) in [4.78, 5) is 12.6. The van der Waals surface area contributed by atoms with Crippen molar-refractivity contribution < 1.29 is 4.79 Å². The van der Waals surface area contributed by atoms with Gasteiger partial charge >= 0.3 is 0 Å².